The van der Waals surface area contributed by atoms with Crippen LogP contribution in [0.5, 0.6) is 0 Å². The van der Waals surface area contributed by atoms with Gasteiger partial charge in [0.25, 0.3) is 0 Å². The largest absolute Gasteiger partial charge is 0.368 e. The van der Waals surface area contributed by atoms with Gasteiger partial charge in [0.05, 0.1) is 6.54 Å². The number of nitrogens with zero attached hydrogens (tertiary/aromatic N) is 1. The van der Waals surface area contributed by atoms with Crippen LogP contribution in [0.2, 0.25) is 0 Å². The molecule has 0 saturated carbocycles. The van der Waals surface area contributed by atoms with Gasteiger partial charge in [-0.3, -0.25) is 0 Å². The molecule has 0 fully saturated rings. The first-order valence-corrected chi connectivity index (χ1v) is 2.64. The molecule has 0 atom stereocenters. The SMILES string of the molecule is C1#[N+]CCCCN1. The van der Waals surface area contributed by atoms with E-state index in [1.807, 2.05) is 0 Å². The highest BCUT2D eigenvalue weighted by Gasteiger charge is 1.95. The second-order valence-electron chi connectivity index (χ2n) is 1.63. The second-order valence-corrected chi connectivity index (χ2v) is 1.63. The number of nitrogens with one attached hydrogen (secondary N) is 1. The Morgan fingerprint density at radius 1 is 1.43 bits per heavy atom. The third-order valence-electron chi connectivity index (χ3n) is 0.980. The first-order chi connectivity index (χ1) is 3.50. The maximum Gasteiger partial charge on any atom is 0.368 e. The molecule has 0 aromatic carbocycles. The summed E-state index contributed by atoms with van der Waals surface area (Å²) in [5.41, 5.74) is 0. The molecule has 0 bridgehead atoms. The van der Waals surface area contributed by atoms with Gasteiger partial charge < -0.3 is 0 Å². The van der Waals surface area contributed by atoms with Crippen LogP contribution in [0.25, 0.3) is 4.85 Å². The molecular formula is C5H9N2+. The van der Waals surface area contributed by atoms with Gasteiger partial charge in [-0.1, -0.05) is 0 Å². The van der Waals surface area contributed by atoms with Crippen molar-refractivity contribution in [1.82, 2.24) is 5.32 Å². The summed E-state index contributed by atoms with van der Waals surface area (Å²) >= 11 is 0. The lowest BCUT2D eigenvalue weighted by Gasteiger charge is -1.80. The third-order valence-corrected chi connectivity index (χ3v) is 0.980. The molecule has 2 nitrogen and oxygen atoms in total. The van der Waals surface area contributed by atoms with Crippen molar-refractivity contribution < 1.29 is 0 Å². The zero-order chi connectivity index (χ0) is 4.95. The van der Waals surface area contributed by atoms with E-state index in [1.54, 1.807) is 0 Å². The third kappa shape index (κ3) is 1.45. The highest BCUT2D eigenvalue weighted by molar-refractivity contribution is 4.85. The van der Waals surface area contributed by atoms with Gasteiger partial charge in [-0.15, -0.1) is 0 Å². The van der Waals surface area contributed by atoms with Gasteiger partial charge in [-0.05, 0) is 6.42 Å². The van der Waals surface area contributed by atoms with E-state index in [0.717, 1.165) is 13.1 Å². The molecule has 1 aliphatic rings. The molecule has 0 unspecified atom stereocenters. The molecule has 0 aromatic rings. The van der Waals surface area contributed by atoms with Crippen LogP contribution in [0.15, 0.2) is 0 Å². The highest BCUT2D eigenvalue weighted by atomic mass is 14.9. The van der Waals surface area contributed by atoms with Crippen molar-refractivity contribution in [2.45, 2.75) is 12.8 Å². The van der Waals surface area contributed by atoms with Crippen molar-refractivity contribution in [2.24, 2.45) is 0 Å². The molecule has 38 valence electrons. The molecule has 0 amide bonds. The van der Waals surface area contributed by atoms with Crippen LogP contribution in [0, 0.1) is 6.19 Å². The number of hydrogen-bond donors (Lipinski definition) is 1. The fourth-order valence-corrected chi connectivity index (χ4v) is 0.572. The maximum absolute atomic E-state index is 3.91. The van der Waals surface area contributed by atoms with Gasteiger partial charge >= 0.3 is 6.19 Å². The van der Waals surface area contributed by atoms with Crippen LogP contribution in [0.3, 0.4) is 0 Å². The summed E-state index contributed by atoms with van der Waals surface area (Å²) in [5, 5.41) is 2.93. The summed E-state index contributed by atoms with van der Waals surface area (Å²) in [6.07, 6.45) is 5.16. The van der Waals surface area contributed by atoms with Gasteiger partial charge in [-0.2, -0.15) is 0 Å². The molecule has 0 radical (unpaired) electrons. The lowest BCUT2D eigenvalue weighted by molar-refractivity contribution is 0.754. The van der Waals surface area contributed by atoms with Crippen molar-refractivity contribution in [3.63, 3.8) is 0 Å². The fraction of sp³-hybridized carbons (Fsp3) is 0.800. The summed E-state index contributed by atoms with van der Waals surface area (Å²) in [4.78, 5) is 3.91. The van der Waals surface area contributed by atoms with Crippen LogP contribution >= 0.6 is 0 Å². The molecule has 0 spiro atoms. The average Bonchev–Trinajstić information content (AvgIpc) is 1.90. The minimum absolute atomic E-state index is 0.951. The standard InChI is InChI=1S/C5H8N2/c1-2-4-7-5-6-3-1/h1-4H2/p+1. The van der Waals surface area contributed by atoms with Gasteiger partial charge in [0, 0.05) is 6.42 Å². The van der Waals surface area contributed by atoms with Crippen molar-refractivity contribution in [2.75, 3.05) is 13.1 Å². The molecule has 1 aliphatic heterocycles. The van der Waals surface area contributed by atoms with Crippen molar-refractivity contribution in [3.8, 4) is 6.19 Å². The zero-order valence-electron chi connectivity index (χ0n) is 4.28. The maximum atomic E-state index is 3.91. The summed E-state index contributed by atoms with van der Waals surface area (Å²) in [5.74, 6) is 0. The van der Waals surface area contributed by atoms with Gasteiger partial charge in [0.15, 0.2) is 6.54 Å². The summed E-state index contributed by atoms with van der Waals surface area (Å²) in [6, 6.07) is 0. The van der Waals surface area contributed by atoms with Crippen molar-refractivity contribution in [1.29, 1.82) is 0 Å². The van der Waals surface area contributed by atoms with E-state index >= 15 is 0 Å². The monoisotopic (exact) mass is 97.1 g/mol. The van der Waals surface area contributed by atoms with E-state index in [-0.39, 0.29) is 0 Å². The summed E-state index contributed by atoms with van der Waals surface area (Å²) < 4.78 is 0. The Bertz CT molecular complexity index is 88.4. The lowest BCUT2D eigenvalue weighted by Crippen LogP contribution is -2.04. The highest BCUT2D eigenvalue weighted by Crippen LogP contribution is 1.89. The summed E-state index contributed by atoms with van der Waals surface area (Å²) in [7, 11) is 0. The Morgan fingerprint density at radius 3 is 3.43 bits per heavy atom. The molecule has 7 heavy (non-hydrogen) atoms. The normalized spacial score (nSPS) is 18.3. The molecule has 2 heteroatoms. The van der Waals surface area contributed by atoms with E-state index < -0.39 is 0 Å². The van der Waals surface area contributed by atoms with E-state index in [2.05, 4.69) is 16.4 Å². The molecule has 0 saturated heterocycles. The second kappa shape index (κ2) is 2.46. The minimum Gasteiger partial charge on any atom is -0.223 e. The van der Waals surface area contributed by atoms with Gasteiger partial charge in [0.2, 0.25) is 0 Å². The Morgan fingerprint density at radius 2 is 2.43 bits per heavy atom. The Kier molecular flexibility index (Phi) is 1.56. The number of rotatable bonds is 0. The smallest absolute Gasteiger partial charge is 0.223 e. The molecule has 1 N–H and O–H groups in total. The van der Waals surface area contributed by atoms with Crippen molar-refractivity contribution in [3.05, 3.63) is 4.85 Å². The quantitative estimate of drug-likeness (QED) is 0.439. The van der Waals surface area contributed by atoms with Crippen LogP contribution in [-0.4, -0.2) is 13.1 Å². The fourth-order valence-electron chi connectivity index (χ4n) is 0.572. The Hall–Kier alpha value is -0.710. The molecule has 1 rings (SSSR count). The minimum atomic E-state index is 0.951. The molecular weight excluding hydrogens is 88.1 g/mol. The molecule has 0 aromatic heterocycles. The van der Waals surface area contributed by atoms with Crippen molar-refractivity contribution >= 4 is 0 Å². The Balaban J connectivity index is 2.26. The van der Waals surface area contributed by atoms with Gasteiger partial charge in [0.1, 0.15) is 0 Å². The van der Waals surface area contributed by atoms with E-state index in [9.17, 15) is 0 Å². The molecule has 0 aliphatic carbocycles. The van der Waals surface area contributed by atoms with E-state index in [1.165, 1.54) is 12.8 Å². The lowest BCUT2D eigenvalue weighted by atomic mass is 10.3. The van der Waals surface area contributed by atoms with Crippen LogP contribution in [-0.2, 0) is 0 Å². The predicted molar refractivity (Wildman–Crippen MR) is 29.4 cm³/mol. The van der Waals surface area contributed by atoms with E-state index in [0.29, 0.717) is 0 Å². The molecule has 1 heterocycles. The van der Waals surface area contributed by atoms with E-state index in [4.69, 9.17) is 0 Å². The summed E-state index contributed by atoms with van der Waals surface area (Å²) in [6.45, 7) is 2.00. The first kappa shape index (κ1) is 4.45. The average molecular weight is 97.1 g/mol. The van der Waals surface area contributed by atoms with Gasteiger partial charge in [-0.25, -0.2) is 10.2 Å². The first-order valence-electron chi connectivity index (χ1n) is 2.64. The Labute approximate surface area is 43.3 Å². The topological polar surface area (TPSA) is 16.4 Å². The van der Waals surface area contributed by atoms with Crippen LogP contribution < -0.4 is 5.32 Å². The number of hydrogen-bond acceptors (Lipinski definition) is 1. The zero-order valence-corrected chi connectivity index (χ0v) is 4.28. The van der Waals surface area contributed by atoms with Crippen LogP contribution in [0.1, 0.15) is 12.8 Å². The van der Waals surface area contributed by atoms with Crippen LogP contribution in [0.4, 0.5) is 0 Å². The predicted octanol–water partition coefficient (Wildman–Crippen LogP) is 0.660.